The summed E-state index contributed by atoms with van der Waals surface area (Å²) in [6.07, 6.45) is 3.47. The third-order valence-corrected chi connectivity index (χ3v) is 2.09. The van der Waals surface area contributed by atoms with Crippen molar-refractivity contribution in [1.29, 1.82) is 0 Å². The fraction of sp³-hybridized carbons (Fsp3) is 0.182. The number of pyridine rings is 1. The first-order valence-electron chi connectivity index (χ1n) is 5.08. The Morgan fingerprint density at radius 3 is 2.50 bits per heavy atom. The van der Waals surface area contributed by atoms with Crippen LogP contribution in [0.5, 0.6) is 0 Å². The van der Waals surface area contributed by atoms with Crippen molar-refractivity contribution in [3.63, 3.8) is 0 Å². The van der Waals surface area contributed by atoms with Gasteiger partial charge in [0, 0.05) is 31.0 Å². The van der Waals surface area contributed by atoms with Crippen molar-refractivity contribution in [3.8, 4) is 11.3 Å². The van der Waals surface area contributed by atoms with Crippen LogP contribution in [-0.2, 0) is 0 Å². The number of aromatic nitrogens is 3. The van der Waals surface area contributed by atoms with Crippen molar-refractivity contribution in [2.24, 2.45) is 5.73 Å². The molecule has 0 saturated heterocycles. The van der Waals surface area contributed by atoms with E-state index >= 15 is 0 Å². The van der Waals surface area contributed by atoms with Crippen LogP contribution in [0.1, 0.15) is 0 Å². The van der Waals surface area contributed by atoms with Crippen molar-refractivity contribution >= 4 is 5.82 Å². The highest BCUT2D eigenvalue weighted by atomic mass is 15.2. The topological polar surface area (TPSA) is 76.7 Å². The van der Waals surface area contributed by atoms with E-state index in [-0.39, 0.29) is 0 Å². The first-order chi connectivity index (χ1) is 7.90. The lowest BCUT2D eigenvalue weighted by molar-refractivity contribution is 0.974. The van der Waals surface area contributed by atoms with Crippen molar-refractivity contribution in [2.75, 3.05) is 18.4 Å². The average molecular weight is 215 g/mol. The summed E-state index contributed by atoms with van der Waals surface area (Å²) >= 11 is 0. The second-order valence-electron chi connectivity index (χ2n) is 3.26. The molecule has 0 aliphatic heterocycles. The zero-order valence-corrected chi connectivity index (χ0v) is 8.80. The maximum Gasteiger partial charge on any atom is 0.148 e. The van der Waals surface area contributed by atoms with Gasteiger partial charge in [-0.25, -0.2) is 0 Å². The molecule has 3 N–H and O–H groups in total. The first-order valence-corrected chi connectivity index (χ1v) is 5.08. The van der Waals surface area contributed by atoms with Gasteiger partial charge in [0.05, 0.1) is 5.69 Å². The van der Waals surface area contributed by atoms with E-state index in [0.29, 0.717) is 13.1 Å². The van der Waals surface area contributed by atoms with Crippen molar-refractivity contribution in [3.05, 3.63) is 36.7 Å². The molecule has 2 heterocycles. The van der Waals surface area contributed by atoms with Gasteiger partial charge in [0.25, 0.3) is 0 Å². The number of nitrogens with one attached hydrogen (secondary N) is 1. The summed E-state index contributed by atoms with van der Waals surface area (Å²) < 4.78 is 0. The van der Waals surface area contributed by atoms with Crippen LogP contribution in [0.4, 0.5) is 5.82 Å². The highest BCUT2D eigenvalue weighted by Crippen LogP contribution is 2.15. The standard InChI is InChI=1S/C11H13N5/c12-5-8-14-11-2-1-10(15-16-11)9-3-6-13-7-4-9/h1-4,6-7H,5,8,12H2,(H,14,16). The molecule has 5 nitrogen and oxygen atoms in total. The first kappa shape index (κ1) is 10.5. The molecular formula is C11H13N5. The Morgan fingerprint density at radius 1 is 1.06 bits per heavy atom. The minimum absolute atomic E-state index is 0.577. The van der Waals surface area contributed by atoms with Crippen LogP contribution >= 0.6 is 0 Å². The van der Waals surface area contributed by atoms with Crippen molar-refractivity contribution < 1.29 is 0 Å². The Hall–Kier alpha value is -2.01. The number of anilines is 1. The molecule has 0 amide bonds. The molecule has 0 fully saturated rings. The van der Waals surface area contributed by atoms with Crippen molar-refractivity contribution in [1.82, 2.24) is 15.2 Å². The minimum atomic E-state index is 0.577. The van der Waals surface area contributed by atoms with Crippen LogP contribution in [0.25, 0.3) is 11.3 Å². The Balaban J connectivity index is 2.13. The zero-order valence-electron chi connectivity index (χ0n) is 8.80. The van der Waals surface area contributed by atoms with E-state index in [1.54, 1.807) is 12.4 Å². The van der Waals surface area contributed by atoms with E-state index in [1.165, 1.54) is 0 Å². The van der Waals surface area contributed by atoms with E-state index in [1.807, 2.05) is 24.3 Å². The van der Waals surface area contributed by atoms with Crippen LogP contribution in [0.15, 0.2) is 36.7 Å². The SMILES string of the molecule is NCCNc1ccc(-c2ccncc2)nn1. The van der Waals surface area contributed by atoms with Gasteiger partial charge in [0.2, 0.25) is 0 Å². The molecule has 0 unspecified atom stereocenters. The number of hydrogen-bond donors (Lipinski definition) is 2. The second-order valence-corrected chi connectivity index (χ2v) is 3.26. The summed E-state index contributed by atoms with van der Waals surface area (Å²) in [6.45, 7) is 1.27. The highest BCUT2D eigenvalue weighted by Gasteiger charge is 1.99. The molecule has 2 rings (SSSR count). The van der Waals surface area contributed by atoms with Gasteiger partial charge in [-0.05, 0) is 24.3 Å². The molecule has 0 bridgehead atoms. The maximum absolute atomic E-state index is 5.38. The number of nitrogens with zero attached hydrogens (tertiary/aromatic N) is 3. The van der Waals surface area contributed by atoms with Crippen LogP contribution in [-0.4, -0.2) is 28.3 Å². The smallest absolute Gasteiger partial charge is 0.148 e. The number of rotatable bonds is 4. The van der Waals surface area contributed by atoms with Crippen molar-refractivity contribution in [2.45, 2.75) is 0 Å². The lowest BCUT2D eigenvalue weighted by Crippen LogP contribution is -2.14. The number of nitrogens with two attached hydrogens (primary N) is 1. The van der Waals surface area contributed by atoms with Gasteiger partial charge in [-0.3, -0.25) is 4.98 Å². The summed E-state index contributed by atoms with van der Waals surface area (Å²) in [4.78, 5) is 3.95. The Labute approximate surface area is 93.7 Å². The van der Waals surface area contributed by atoms with Crippen LogP contribution in [0.3, 0.4) is 0 Å². The molecule has 0 aromatic carbocycles. The second kappa shape index (κ2) is 5.18. The van der Waals surface area contributed by atoms with Crippen LogP contribution in [0, 0.1) is 0 Å². The van der Waals surface area contributed by atoms with Gasteiger partial charge >= 0.3 is 0 Å². The molecule has 0 aliphatic carbocycles. The van der Waals surface area contributed by atoms with E-state index in [2.05, 4.69) is 20.5 Å². The molecule has 82 valence electrons. The van der Waals surface area contributed by atoms with Gasteiger partial charge in [0.1, 0.15) is 5.82 Å². The fourth-order valence-corrected chi connectivity index (χ4v) is 1.30. The monoisotopic (exact) mass is 215 g/mol. The normalized spacial score (nSPS) is 10.1. The predicted octanol–water partition coefficient (Wildman–Crippen LogP) is 0.909. The number of hydrogen-bond acceptors (Lipinski definition) is 5. The molecule has 0 aliphatic rings. The molecule has 0 spiro atoms. The van der Waals surface area contributed by atoms with Gasteiger partial charge in [0.15, 0.2) is 0 Å². The van der Waals surface area contributed by atoms with E-state index in [9.17, 15) is 0 Å². The summed E-state index contributed by atoms with van der Waals surface area (Å²) in [5.41, 5.74) is 7.22. The van der Waals surface area contributed by atoms with Gasteiger partial charge in [-0.15, -0.1) is 10.2 Å². The third kappa shape index (κ3) is 2.52. The summed E-state index contributed by atoms with van der Waals surface area (Å²) in [7, 11) is 0. The van der Waals surface area contributed by atoms with Crippen LogP contribution < -0.4 is 11.1 Å². The quantitative estimate of drug-likeness (QED) is 0.792. The largest absolute Gasteiger partial charge is 0.367 e. The molecule has 0 saturated carbocycles. The molecule has 2 aromatic heterocycles. The minimum Gasteiger partial charge on any atom is -0.367 e. The van der Waals surface area contributed by atoms with Gasteiger partial charge in [-0.1, -0.05) is 0 Å². The Kier molecular flexibility index (Phi) is 3.40. The molecule has 0 radical (unpaired) electrons. The molecule has 2 aromatic rings. The molecular weight excluding hydrogens is 202 g/mol. The summed E-state index contributed by atoms with van der Waals surface area (Å²) in [5, 5.41) is 11.2. The van der Waals surface area contributed by atoms with E-state index in [0.717, 1.165) is 17.1 Å². The van der Waals surface area contributed by atoms with Gasteiger partial charge in [-0.2, -0.15) is 0 Å². The molecule has 5 heteroatoms. The van der Waals surface area contributed by atoms with Crippen LogP contribution in [0.2, 0.25) is 0 Å². The fourth-order valence-electron chi connectivity index (χ4n) is 1.30. The third-order valence-electron chi connectivity index (χ3n) is 2.09. The molecule has 0 atom stereocenters. The lowest BCUT2D eigenvalue weighted by atomic mass is 10.2. The maximum atomic E-state index is 5.38. The van der Waals surface area contributed by atoms with E-state index in [4.69, 9.17) is 5.73 Å². The summed E-state index contributed by atoms with van der Waals surface area (Å²) in [5.74, 6) is 0.739. The Bertz CT molecular complexity index is 426. The predicted molar refractivity (Wildman–Crippen MR) is 62.8 cm³/mol. The Morgan fingerprint density at radius 2 is 1.88 bits per heavy atom. The molecule has 16 heavy (non-hydrogen) atoms. The highest BCUT2D eigenvalue weighted by molar-refractivity contribution is 5.58. The van der Waals surface area contributed by atoms with E-state index < -0.39 is 0 Å². The zero-order chi connectivity index (χ0) is 11.2. The lowest BCUT2D eigenvalue weighted by Gasteiger charge is -2.03. The summed E-state index contributed by atoms with van der Waals surface area (Å²) in [6, 6.07) is 7.60. The average Bonchev–Trinajstić information content (AvgIpc) is 2.38. The van der Waals surface area contributed by atoms with Gasteiger partial charge < -0.3 is 11.1 Å².